The lowest BCUT2D eigenvalue weighted by atomic mass is 9.94. The molecule has 0 radical (unpaired) electrons. The topological polar surface area (TPSA) is 72.7 Å². The van der Waals surface area contributed by atoms with E-state index < -0.39 is 0 Å². The van der Waals surface area contributed by atoms with Gasteiger partial charge in [0, 0.05) is 37.7 Å². The number of benzene rings is 1. The molecule has 0 spiro atoms. The maximum Gasteiger partial charge on any atom is 0.180 e. The van der Waals surface area contributed by atoms with Gasteiger partial charge in [0.1, 0.15) is 23.1 Å². The van der Waals surface area contributed by atoms with E-state index in [0.29, 0.717) is 36.0 Å². The molecule has 1 aliphatic carbocycles. The second-order valence-electron chi connectivity index (χ2n) is 6.64. The van der Waals surface area contributed by atoms with Crippen LogP contribution in [0.2, 0.25) is 0 Å². The molecule has 1 aliphatic rings. The van der Waals surface area contributed by atoms with Crippen molar-refractivity contribution in [3.05, 3.63) is 48.7 Å². The SMILES string of the molecule is CNc1ccnc(-c2c(-c3ccc(F)cc3)ncn2C2CCC(=O)CC2)n1. The van der Waals surface area contributed by atoms with Crippen LogP contribution in [0.25, 0.3) is 22.8 Å². The average Bonchev–Trinajstić information content (AvgIpc) is 3.14. The third-order valence-electron chi connectivity index (χ3n) is 4.94. The number of Topliss-reactive ketones (excluding diaryl/α,β-unsaturated/α-hetero) is 1. The van der Waals surface area contributed by atoms with Crippen LogP contribution in [0.5, 0.6) is 0 Å². The zero-order valence-electron chi connectivity index (χ0n) is 15.0. The van der Waals surface area contributed by atoms with Gasteiger partial charge in [0.05, 0.1) is 12.0 Å². The molecule has 1 aromatic carbocycles. The van der Waals surface area contributed by atoms with Crippen LogP contribution in [0.3, 0.4) is 0 Å². The van der Waals surface area contributed by atoms with E-state index in [1.807, 2.05) is 0 Å². The van der Waals surface area contributed by atoms with Crippen molar-refractivity contribution in [1.82, 2.24) is 19.5 Å². The normalized spacial score (nSPS) is 15.1. The Morgan fingerprint density at radius 2 is 1.85 bits per heavy atom. The first-order valence-corrected chi connectivity index (χ1v) is 9.01. The lowest BCUT2D eigenvalue weighted by Crippen LogP contribution is -2.18. The predicted molar refractivity (Wildman–Crippen MR) is 101 cm³/mol. The monoisotopic (exact) mass is 365 g/mol. The highest BCUT2D eigenvalue weighted by Gasteiger charge is 2.26. The van der Waals surface area contributed by atoms with Crippen molar-refractivity contribution in [1.29, 1.82) is 0 Å². The largest absolute Gasteiger partial charge is 0.373 e. The Balaban J connectivity index is 1.84. The van der Waals surface area contributed by atoms with Gasteiger partial charge >= 0.3 is 0 Å². The van der Waals surface area contributed by atoms with Crippen LogP contribution in [0.4, 0.5) is 10.2 Å². The van der Waals surface area contributed by atoms with Crippen LogP contribution >= 0.6 is 0 Å². The molecule has 1 saturated carbocycles. The average molecular weight is 365 g/mol. The minimum Gasteiger partial charge on any atom is -0.373 e. The van der Waals surface area contributed by atoms with Gasteiger partial charge in [-0.3, -0.25) is 4.79 Å². The van der Waals surface area contributed by atoms with E-state index in [9.17, 15) is 9.18 Å². The molecule has 3 aromatic rings. The van der Waals surface area contributed by atoms with E-state index in [2.05, 4.69) is 24.8 Å². The Morgan fingerprint density at radius 3 is 2.56 bits per heavy atom. The highest BCUT2D eigenvalue weighted by Crippen LogP contribution is 2.36. The summed E-state index contributed by atoms with van der Waals surface area (Å²) in [6.07, 6.45) is 6.18. The quantitative estimate of drug-likeness (QED) is 0.760. The summed E-state index contributed by atoms with van der Waals surface area (Å²) in [6.45, 7) is 0. The van der Waals surface area contributed by atoms with Gasteiger partial charge in [0.15, 0.2) is 5.82 Å². The number of hydrogen-bond donors (Lipinski definition) is 1. The smallest absolute Gasteiger partial charge is 0.180 e. The van der Waals surface area contributed by atoms with Gasteiger partial charge < -0.3 is 9.88 Å². The first-order chi connectivity index (χ1) is 13.2. The summed E-state index contributed by atoms with van der Waals surface area (Å²) in [7, 11) is 1.80. The van der Waals surface area contributed by atoms with Crippen LogP contribution in [-0.4, -0.2) is 32.3 Å². The number of carbonyl (C=O) groups excluding carboxylic acids is 1. The van der Waals surface area contributed by atoms with E-state index in [1.165, 1.54) is 12.1 Å². The third kappa shape index (κ3) is 3.45. The number of hydrogen-bond acceptors (Lipinski definition) is 5. The standard InChI is InChI=1S/C20H20FN5O/c1-22-17-10-11-23-20(25-17)19-18(13-2-4-14(21)5-3-13)24-12-26(19)15-6-8-16(27)9-7-15/h2-5,10-12,15H,6-9H2,1H3,(H,22,23,25). The molecular formula is C20H20FN5O. The summed E-state index contributed by atoms with van der Waals surface area (Å²) < 4.78 is 15.4. The second kappa shape index (κ2) is 7.26. The third-order valence-corrected chi connectivity index (χ3v) is 4.94. The molecule has 6 nitrogen and oxygen atoms in total. The number of carbonyl (C=O) groups is 1. The molecule has 1 N–H and O–H groups in total. The number of nitrogens with zero attached hydrogens (tertiary/aromatic N) is 4. The Labute approximate surface area is 156 Å². The van der Waals surface area contributed by atoms with Gasteiger partial charge in [0.25, 0.3) is 0 Å². The summed E-state index contributed by atoms with van der Waals surface area (Å²) in [5, 5.41) is 3.03. The maximum atomic E-state index is 13.4. The van der Waals surface area contributed by atoms with Gasteiger partial charge in [-0.15, -0.1) is 0 Å². The molecule has 27 heavy (non-hydrogen) atoms. The number of halogens is 1. The van der Waals surface area contributed by atoms with Gasteiger partial charge in [-0.1, -0.05) is 0 Å². The fourth-order valence-corrected chi connectivity index (χ4v) is 3.49. The van der Waals surface area contributed by atoms with E-state index in [1.54, 1.807) is 37.8 Å². The molecule has 0 aliphatic heterocycles. The first kappa shape index (κ1) is 17.3. The molecule has 0 unspecified atom stereocenters. The first-order valence-electron chi connectivity index (χ1n) is 9.01. The summed E-state index contributed by atoms with van der Waals surface area (Å²) in [5.74, 6) is 1.27. The Kier molecular flexibility index (Phi) is 4.66. The van der Waals surface area contributed by atoms with Crippen molar-refractivity contribution in [2.45, 2.75) is 31.7 Å². The van der Waals surface area contributed by atoms with Crippen LogP contribution < -0.4 is 5.32 Å². The summed E-state index contributed by atoms with van der Waals surface area (Å²) in [4.78, 5) is 25.3. The van der Waals surface area contributed by atoms with Gasteiger partial charge in [-0.25, -0.2) is 19.3 Å². The Morgan fingerprint density at radius 1 is 1.11 bits per heavy atom. The van der Waals surface area contributed by atoms with Crippen LogP contribution in [-0.2, 0) is 4.79 Å². The second-order valence-corrected chi connectivity index (χ2v) is 6.64. The highest BCUT2D eigenvalue weighted by molar-refractivity contribution is 5.79. The molecule has 2 aromatic heterocycles. The molecule has 2 heterocycles. The van der Waals surface area contributed by atoms with E-state index in [4.69, 9.17) is 0 Å². The predicted octanol–water partition coefficient (Wildman–Crippen LogP) is 3.87. The number of imidazole rings is 1. The fourth-order valence-electron chi connectivity index (χ4n) is 3.49. The van der Waals surface area contributed by atoms with Gasteiger partial charge in [0.2, 0.25) is 0 Å². The lowest BCUT2D eigenvalue weighted by Gasteiger charge is -2.24. The van der Waals surface area contributed by atoms with Crippen molar-refractivity contribution in [3.63, 3.8) is 0 Å². The molecule has 0 bridgehead atoms. The number of nitrogens with one attached hydrogen (secondary N) is 1. The minimum absolute atomic E-state index is 0.168. The van der Waals surface area contributed by atoms with Crippen molar-refractivity contribution < 1.29 is 9.18 Å². The molecule has 7 heteroatoms. The zero-order valence-corrected chi connectivity index (χ0v) is 15.0. The highest BCUT2D eigenvalue weighted by atomic mass is 19.1. The van der Waals surface area contributed by atoms with Crippen LogP contribution in [0.15, 0.2) is 42.9 Å². The molecule has 4 rings (SSSR count). The Bertz CT molecular complexity index is 957. The molecule has 0 saturated heterocycles. The number of anilines is 1. The molecule has 0 atom stereocenters. The van der Waals surface area contributed by atoms with Gasteiger partial charge in [-0.05, 0) is 43.2 Å². The van der Waals surface area contributed by atoms with Crippen LogP contribution in [0.1, 0.15) is 31.7 Å². The van der Waals surface area contributed by atoms with Crippen LogP contribution in [0, 0.1) is 5.82 Å². The molecular weight excluding hydrogens is 345 g/mol. The zero-order chi connectivity index (χ0) is 18.8. The van der Waals surface area contributed by atoms with E-state index >= 15 is 0 Å². The maximum absolute atomic E-state index is 13.4. The van der Waals surface area contributed by atoms with Crippen molar-refractivity contribution >= 4 is 11.6 Å². The number of aromatic nitrogens is 4. The number of rotatable bonds is 4. The summed E-state index contributed by atoms with van der Waals surface area (Å²) >= 11 is 0. The van der Waals surface area contributed by atoms with Crippen molar-refractivity contribution in [2.24, 2.45) is 0 Å². The summed E-state index contributed by atoms with van der Waals surface area (Å²) in [6, 6.07) is 8.21. The number of ketones is 1. The molecule has 138 valence electrons. The minimum atomic E-state index is -0.293. The fraction of sp³-hybridized carbons (Fsp3) is 0.300. The van der Waals surface area contributed by atoms with Crippen molar-refractivity contribution in [2.75, 3.05) is 12.4 Å². The lowest BCUT2D eigenvalue weighted by molar-refractivity contribution is -0.120. The molecule has 1 fully saturated rings. The summed E-state index contributed by atoms with van der Waals surface area (Å²) in [5.41, 5.74) is 2.30. The van der Waals surface area contributed by atoms with Gasteiger partial charge in [-0.2, -0.15) is 0 Å². The van der Waals surface area contributed by atoms with E-state index in [-0.39, 0.29) is 11.9 Å². The van der Waals surface area contributed by atoms with E-state index in [0.717, 1.165) is 24.1 Å². The molecule has 0 amide bonds. The Hall–Kier alpha value is -3.09. The van der Waals surface area contributed by atoms with Crippen molar-refractivity contribution in [3.8, 4) is 22.8 Å².